The minimum atomic E-state index is 0.820. The van der Waals surface area contributed by atoms with Crippen molar-refractivity contribution in [3.63, 3.8) is 0 Å². The van der Waals surface area contributed by atoms with Crippen molar-refractivity contribution in [2.45, 2.75) is 87.5 Å². The molecule has 1 heteroatoms. The van der Waals surface area contributed by atoms with E-state index in [4.69, 9.17) is 0 Å². The van der Waals surface area contributed by atoms with E-state index in [0.717, 1.165) is 8.58 Å². The van der Waals surface area contributed by atoms with Crippen molar-refractivity contribution < 1.29 is 0 Å². The quantitative estimate of drug-likeness (QED) is 0.375. The van der Waals surface area contributed by atoms with Gasteiger partial charge in [0.15, 0.2) is 0 Å². The van der Waals surface area contributed by atoms with E-state index in [2.05, 4.69) is 27.7 Å². The van der Waals surface area contributed by atoms with Gasteiger partial charge in [-0.05, 0) is 21.4 Å². The van der Waals surface area contributed by atoms with Crippen LogP contribution in [0.5, 0.6) is 0 Å². The van der Waals surface area contributed by atoms with E-state index in [9.17, 15) is 0 Å². The average Bonchev–Trinajstić information content (AvgIpc) is 2.40. The van der Waals surface area contributed by atoms with Crippen molar-refractivity contribution in [3.05, 3.63) is 0 Å². The number of rotatable bonds is 6. The molecule has 1 atom stereocenters. The molecule has 16 heavy (non-hydrogen) atoms. The predicted molar refractivity (Wildman–Crippen MR) is 87.9 cm³/mol. The first kappa shape index (κ1) is 25.3. The van der Waals surface area contributed by atoms with Gasteiger partial charge in [0.25, 0.3) is 0 Å². The lowest BCUT2D eigenvalue weighted by molar-refractivity contribution is 0.886. The van der Waals surface area contributed by atoms with Crippen LogP contribution in [0.2, 0.25) is 0 Å². The molecule has 0 aliphatic heterocycles. The second-order valence-corrected chi connectivity index (χ2v) is 4.95. The normalized spacial score (nSPS) is 8.25. The molecule has 0 saturated heterocycles. The highest BCUT2D eigenvalue weighted by Crippen LogP contribution is 2.12. The topological polar surface area (TPSA) is 0 Å². The van der Waals surface area contributed by atoms with Gasteiger partial charge in [-0.25, -0.2) is 0 Å². The molecule has 0 fully saturated rings. The second kappa shape index (κ2) is 45.2. The Kier molecular flexibility index (Phi) is 71.5. The molecule has 0 saturated carbocycles. The summed E-state index contributed by atoms with van der Waals surface area (Å²) in [6, 6.07) is 0. The first-order valence-corrected chi connectivity index (χ1v) is 9.28. The molecule has 0 N–H and O–H groups in total. The average molecular weight is 251 g/mol. The van der Waals surface area contributed by atoms with Crippen LogP contribution >= 0.6 is 8.58 Å². The van der Waals surface area contributed by atoms with Crippen LogP contribution in [-0.4, -0.2) is 12.3 Å². The van der Waals surface area contributed by atoms with Gasteiger partial charge in [-0.1, -0.05) is 74.7 Å². The fourth-order valence-electron chi connectivity index (χ4n) is 0.697. The zero-order valence-electron chi connectivity index (χ0n) is 13.5. The largest absolute Gasteiger partial charge is 0.0683 e. The fourth-order valence-corrected chi connectivity index (χ4v) is 2.09. The van der Waals surface area contributed by atoms with Crippen molar-refractivity contribution >= 4 is 8.58 Å². The molecule has 0 bridgehead atoms. The van der Waals surface area contributed by atoms with Gasteiger partial charge in [-0.3, -0.25) is 0 Å². The molecule has 0 amide bonds. The minimum Gasteiger partial charge on any atom is -0.0683 e. The standard InChI is InChI=1S/C7H17P.C4H10.2C2H6/c1-3-5-7-8-6-4-2;1-3-4-2;2*1-2/h8H,3-7H2,1-2H3;3-4H2,1-2H3;2*1-2H3/p+1. The van der Waals surface area contributed by atoms with Crippen LogP contribution in [0.25, 0.3) is 0 Å². The Hall–Kier alpha value is 0.430. The molecule has 0 radical (unpaired) electrons. The van der Waals surface area contributed by atoms with E-state index >= 15 is 0 Å². The summed E-state index contributed by atoms with van der Waals surface area (Å²) >= 11 is 0. The number of unbranched alkanes of at least 4 members (excludes halogenated alkanes) is 2. The van der Waals surface area contributed by atoms with Gasteiger partial charge >= 0.3 is 0 Å². The van der Waals surface area contributed by atoms with Crippen molar-refractivity contribution in [2.24, 2.45) is 0 Å². The predicted octanol–water partition coefficient (Wildman–Crippen LogP) is 6.47. The molecule has 0 nitrogen and oxygen atoms in total. The SMILES string of the molecule is CC.CC.CCCC.CCCC[PH2+]CCC. The lowest BCUT2D eigenvalue weighted by atomic mass is 10.4. The van der Waals surface area contributed by atoms with Crippen LogP contribution in [0.4, 0.5) is 0 Å². The molecule has 104 valence electrons. The van der Waals surface area contributed by atoms with E-state index in [0.29, 0.717) is 0 Å². The van der Waals surface area contributed by atoms with E-state index in [1.54, 1.807) is 0 Å². The maximum Gasteiger partial charge on any atom is 0.0549 e. The lowest BCUT2D eigenvalue weighted by Crippen LogP contribution is -1.76. The molecule has 0 rings (SSSR count). The molecule has 0 aliphatic rings. The van der Waals surface area contributed by atoms with Gasteiger partial charge in [0, 0.05) is 0 Å². The summed E-state index contributed by atoms with van der Waals surface area (Å²) in [5.41, 5.74) is 0. The van der Waals surface area contributed by atoms with Gasteiger partial charge in [0.2, 0.25) is 0 Å². The van der Waals surface area contributed by atoms with Crippen LogP contribution < -0.4 is 0 Å². The fraction of sp³-hybridized carbons (Fsp3) is 1.00. The number of hydrogen-bond donors (Lipinski definition) is 0. The van der Waals surface area contributed by atoms with E-state index in [1.165, 1.54) is 44.4 Å². The van der Waals surface area contributed by atoms with E-state index < -0.39 is 0 Å². The van der Waals surface area contributed by atoms with Crippen LogP contribution in [0, 0.1) is 0 Å². The van der Waals surface area contributed by atoms with Gasteiger partial charge in [0.1, 0.15) is 0 Å². The van der Waals surface area contributed by atoms with Gasteiger partial charge in [-0.2, -0.15) is 0 Å². The lowest BCUT2D eigenvalue weighted by Gasteiger charge is -1.88. The Balaban J connectivity index is -0.0000000761. The summed E-state index contributed by atoms with van der Waals surface area (Å²) < 4.78 is 0. The third-order valence-corrected chi connectivity index (χ3v) is 3.56. The Morgan fingerprint density at radius 1 is 0.562 bits per heavy atom. The van der Waals surface area contributed by atoms with Crippen molar-refractivity contribution in [1.82, 2.24) is 0 Å². The summed E-state index contributed by atoms with van der Waals surface area (Å²) in [6.07, 6.45) is 9.94. The van der Waals surface area contributed by atoms with E-state index in [-0.39, 0.29) is 0 Å². The summed E-state index contributed by atoms with van der Waals surface area (Å²) in [5, 5.41) is 0. The van der Waals surface area contributed by atoms with Crippen LogP contribution in [-0.2, 0) is 0 Å². The molecule has 0 aliphatic carbocycles. The van der Waals surface area contributed by atoms with Crippen molar-refractivity contribution in [3.8, 4) is 0 Å². The van der Waals surface area contributed by atoms with Crippen molar-refractivity contribution in [2.75, 3.05) is 12.3 Å². The second-order valence-electron chi connectivity index (χ2n) is 3.22. The molecule has 1 unspecified atom stereocenters. The minimum absolute atomic E-state index is 0.820. The molecule has 0 heterocycles. The Labute approximate surface area is 109 Å². The van der Waals surface area contributed by atoms with Gasteiger partial charge in [-0.15, -0.1) is 0 Å². The van der Waals surface area contributed by atoms with Crippen LogP contribution in [0.15, 0.2) is 0 Å². The third kappa shape index (κ3) is 63.0. The summed E-state index contributed by atoms with van der Waals surface area (Å²) in [7, 11) is 0.820. The maximum atomic E-state index is 2.28. The first-order chi connectivity index (χ1) is 7.83. The molecule has 0 aromatic heterocycles. The van der Waals surface area contributed by atoms with Crippen LogP contribution in [0.3, 0.4) is 0 Å². The Bertz CT molecular complexity index is 45.4. The molecule has 0 spiro atoms. The smallest absolute Gasteiger partial charge is 0.0549 e. The maximum absolute atomic E-state index is 2.28. The highest BCUT2D eigenvalue weighted by molar-refractivity contribution is 7.37. The van der Waals surface area contributed by atoms with Gasteiger partial charge < -0.3 is 0 Å². The third-order valence-electron chi connectivity index (χ3n) is 1.75. The van der Waals surface area contributed by atoms with E-state index in [1.807, 2.05) is 27.7 Å². The van der Waals surface area contributed by atoms with Crippen molar-refractivity contribution in [1.29, 1.82) is 0 Å². The molecular formula is C15H40P+. The zero-order chi connectivity index (χ0) is 13.7. The summed E-state index contributed by atoms with van der Waals surface area (Å²) in [5.74, 6) is 0. The summed E-state index contributed by atoms with van der Waals surface area (Å²) in [6.45, 7) is 16.9. The first-order valence-electron chi connectivity index (χ1n) is 7.64. The molecule has 0 aromatic rings. The zero-order valence-corrected chi connectivity index (χ0v) is 14.7. The van der Waals surface area contributed by atoms with Crippen LogP contribution in [0.1, 0.15) is 87.5 Å². The number of hydrogen-bond acceptors (Lipinski definition) is 0. The van der Waals surface area contributed by atoms with Gasteiger partial charge in [0.05, 0.1) is 12.3 Å². The Morgan fingerprint density at radius 3 is 1.25 bits per heavy atom. The highest BCUT2D eigenvalue weighted by atomic mass is 31.1. The Morgan fingerprint density at radius 2 is 1.00 bits per heavy atom. The monoisotopic (exact) mass is 251 g/mol. The summed E-state index contributed by atoms with van der Waals surface area (Å²) in [4.78, 5) is 0. The molecular weight excluding hydrogens is 211 g/mol. The highest BCUT2D eigenvalue weighted by Gasteiger charge is 1.89. The molecule has 0 aromatic carbocycles.